The van der Waals surface area contributed by atoms with Crippen LogP contribution in [-0.4, -0.2) is 110 Å². The maximum absolute atomic E-state index is 13.0. The zero-order chi connectivity index (χ0) is 48.1. The highest BCUT2D eigenvalue weighted by atomic mass is 19.4. The van der Waals surface area contributed by atoms with Crippen LogP contribution in [0, 0.1) is 13.8 Å². The summed E-state index contributed by atoms with van der Waals surface area (Å²) in [4.78, 5) is 31.2. The molecule has 8 heterocycles. The van der Waals surface area contributed by atoms with Gasteiger partial charge in [-0.1, -0.05) is 24.3 Å². The third-order valence-corrected chi connectivity index (χ3v) is 11.7. The van der Waals surface area contributed by atoms with Crippen LogP contribution in [0.5, 0.6) is 11.8 Å². The summed E-state index contributed by atoms with van der Waals surface area (Å²) in [6, 6.07) is 17.1. The van der Waals surface area contributed by atoms with E-state index in [0.717, 1.165) is 47.0 Å². The molecule has 0 unspecified atom stereocenters. The number of hydrogen-bond acceptors (Lipinski definition) is 12. The van der Waals surface area contributed by atoms with Gasteiger partial charge < -0.3 is 18.6 Å². The standard InChI is InChI=1S/2C23H22F3N7O/c2*1-14-12-32(13-27-14)18-9-8-17(28-22(18)34-3)20-29-21-19(31(2)10-11-33(21)30-20)15-4-6-16(7-5-15)23(24,25)26/h2*4-9,12-13,19H,10-11H2,1-3H3/t2*19-/m10/s1. The van der Waals surface area contributed by atoms with Crippen LogP contribution in [0.3, 0.4) is 0 Å². The number of aryl methyl sites for hydroxylation is 2. The number of methoxy groups -OCH3 is 2. The van der Waals surface area contributed by atoms with Crippen LogP contribution < -0.4 is 9.47 Å². The molecular weight excluding hydrogens is 895 g/mol. The van der Waals surface area contributed by atoms with Gasteiger partial charge in [-0.15, -0.1) is 10.2 Å². The highest BCUT2D eigenvalue weighted by Gasteiger charge is 2.35. The molecule has 0 bridgehead atoms. The Bertz CT molecular complexity index is 2860. The number of rotatable bonds is 8. The van der Waals surface area contributed by atoms with E-state index in [1.807, 2.05) is 73.7 Å². The second-order valence-corrected chi connectivity index (χ2v) is 16.3. The molecule has 0 radical (unpaired) electrons. The zero-order valence-corrected chi connectivity index (χ0v) is 37.6. The van der Waals surface area contributed by atoms with Crippen LogP contribution in [-0.2, 0) is 25.4 Å². The molecule has 2 atom stereocenters. The van der Waals surface area contributed by atoms with Crippen molar-refractivity contribution in [3.8, 4) is 46.2 Å². The van der Waals surface area contributed by atoms with Gasteiger partial charge >= 0.3 is 12.4 Å². The average Bonchev–Trinajstić information content (AvgIpc) is 4.15. The zero-order valence-electron chi connectivity index (χ0n) is 37.6. The van der Waals surface area contributed by atoms with Crippen LogP contribution in [0.25, 0.3) is 34.4 Å². The lowest BCUT2D eigenvalue weighted by Crippen LogP contribution is -2.36. The van der Waals surface area contributed by atoms with Crippen molar-refractivity contribution in [2.45, 2.75) is 51.4 Å². The summed E-state index contributed by atoms with van der Waals surface area (Å²) in [5, 5.41) is 9.26. The summed E-state index contributed by atoms with van der Waals surface area (Å²) in [6.07, 6.45) is -1.64. The Kier molecular flexibility index (Phi) is 12.1. The van der Waals surface area contributed by atoms with E-state index in [2.05, 4.69) is 39.9 Å². The lowest BCUT2D eigenvalue weighted by Gasteiger charge is -2.32. The van der Waals surface area contributed by atoms with Gasteiger partial charge in [-0.3, -0.25) is 9.80 Å². The van der Waals surface area contributed by atoms with Crippen LogP contribution in [0.2, 0.25) is 0 Å². The number of ether oxygens (including phenoxy) is 2. The summed E-state index contributed by atoms with van der Waals surface area (Å²) in [5.74, 6) is 2.96. The molecule has 16 nitrogen and oxygen atoms in total. The number of nitrogens with zero attached hydrogens (tertiary/aromatic N) is 14. The number of alkyl halides is 6. The van der Waals surface area contributed by atoms with Crippen molar-refractivity contribution >= 4 is 0 Å². The van der Waals surface area contributed by atoms with E-state index >= 15 is 0 Å². The predicted octanol–water partition coefficient (Wildman–Crippen LogP) is 7.79. The average molecular weight is 939 g/mol. The van der Waals surface area contributed by atoms with Crippen molar-refractivity contribution in [3.05, 3.63) is 143 Å². The molecule has 6 aromatic heterocycles. The minimum Gasteiger partial charge on any atom is -0.479 e. The fourth-order valence-corrected chi connectivity index (χ4v) is 8.25. The third kappa shape index (κ3) is 9.03. The second-order valence-electron chi connectivity index (χ2n) is 16.3. The SMILES string of the molecule is COc1nc(-c2nc3n(n2)CCN(C)[C@@H]3c2ccc(C(F)(F)F)cc2)ccc1-n1cnc(C)c1.COc1nc(-c2nc3n(n2)CCN(C)[C@H]3c2ccc(C(F)(F)F)cc2)ccc1-n1cnc(C)c1. The molecule has 0 fully saturated rings. The topological polar surface area (TPSA) is 148 Å². The Morgan fingerprint density at radius 3 is 1.22 bits per heavy atom. The molecule has 2 aromatic carbocycles. The molecule has 0 saturated carbocycles. The number of fused-ring (bicyclic) bond motifs is 2. The summed E-state index contributed by atoms with van der Waals surface area (Å²) in [5.41, 5.74) is 4.35. The number of imidazole rings is 2. The quantitative estimate of drug-likeness (QED) is 0.137. The fourth-order valence-electron chi connectivity index (χ4n) is 8.25. The van der Waals surface area contributed by atoms with E-state index in [-0.39, 0.29) is 12.1 Å². The van der Waals surface area contributed by atoms with E-state index in [4.69, 9.17) is 19.4 Å². The third-order valence-electron chi connectivity index (χ3n) is 11.7. The first kappa shape index (κ1) is 45.7. The fraction of sp³-hybridized carbons (Fsp3) is 0.304. The molecule has 68 heavy (non-hydrogen) atoms. The first-order valence-electron chi connectivity index (χ1n) is 21.3. The molecule has 0 amide bonds. The summed E-state index contributed by atoms with van der Waals surface area (Å²) in [6.45, 7) is 6.37. The van der Waals surface area contributed by atoms with Gasteiger partial charge in [-0.25, -0.2) is 39.3 Å². The Morgan fingerprint density at radius 1 is 0.515 bits per heavy atom. The lowest BCUT2D eigenvalue weighted by atomic mass is 10.0. The van der Waals surface area contributed by atoms with Crippen LogP contribution in [0.4, 0.5) is 26.3 Å². The minimum atomic E-state index is -4.38. The number of halogens is 6. The van der Waals surface area contributed by atoms with Crippen molar-refractivity contribution in [1.29, 1.82) is 0 Å². The number of pyridine rings is 2. The summed E-state index contributed by atoms with van der Waals surface area (Å²) >= 11 is 0. The van der Waals surface area contributed by atoms with E-state index in [1.54, 1.807) is 36.2 Å². The Hall–Kier alpha value is -7.46. The van der Waals surface area contributed by atoms with Crippen molar-refractivity contribution in [1.82, 2.24) is 68.4 Å². The van der Waals surface area contributed by atoms with E-state index in [0.29, 0.717) is 83.8 Å². The molecule has 2 aliphatic rings. The van der Waals surface area contributed by atoms with Gasteiger partial charge in [0.05, 0.1) is 74.6 Å². The number of aromatic nitrogens is 12. The molecule has 0 aliphatic carbocycles. The molecular formula is C46H44F6N14O2. The van der Waals surface area contributed by atoms with Gasteiger partial charge in [0.25, 0.3) is 0 Å². The molecule has 0 spiro atoms. The molecule has 0 saturated heterocycles. The lowest BCUT2D eigenvalue weighted by molar-refractivity contribution is -0.138. The predicted molar refractivity (Wildman–Crippen MR) is 235 cm³/mol. The smallest absolute Gasteiger partial charge is 0.416 e. The van der Waals surface area contributed by atoms with Gasteiger partial charge in [-0.2, -0.15) is 26.3 Å². The monoisotopic (exact) mass is 938 g/mol. The first-order valence-corrected chi connectivity index (χ1v) is 21.3. The van der Waals surface area contributed by atoms with Gasteiger partial charge in [-0.05, 0) is 87.6 Å². The van der Waals surface area contributed by atoms with E-state index in [1.165, 1.54) is 24.3 Å². The normalized spacial score (nSPS) is 16.5. The maximum atomic E-state index is 13.0. The molecule has 352 valence electrons. The van der Waals surface area contributed by atoms with Gasteiger partial charge in [0, 0.05) is 25.5 Å². The Morgan fingerprint density at radius 2 is 0.897 bits per heavy atom. The number of benzene rings is 2. The van der Waals surface area contributed by atoms with Gasteiger partial charge in [0.15, 0.2) is 11.6 Å². The molecule has 2 aliphatic heterocycles. The highest BCUT2D eigenvalue weighted by molar-refractivity contribution is 5.57. The molecule has 8 aromatic rings. The summed E-state index contributed by atoms with van der Waals surface area (Å²) in [7, 11) is 6.92. The maximum Gasteiger partial charge on any atom is 0.416 e. The number of hydrogen-bond donors (Lipinski definition) is 0. The number of likely N-dealkylation sites (N-methyl/N-ethyl adjacent to an activating group) is 2. The largest absolute Gasteiger partial charge is 0.479 e. The van der Waals surface area contributed by atoms with Crippen LogP contribution >= 0.6 is 0 Å². The van der Waals surface area contributed by atoms with Crippen LogP contribution in [0.1, 0.15) is 57.4 Å². The van der Waals surface area contributed by atoms with Crippen molar-refractivity contribution in [2.75, 3.05) is 41.4 Å². The Labute approximate surface area is 385 Å². The molecule has 10 rings (SSSR count). The molecule has 0 N–H and O–H groups in total. The van der Waals surface area contributed by atoms with Crippen molar-refractivity contribution in [2.24, 2.45) is 0 Å². The van der Waals surface area contributed by atoms with Crippen molar-refractivity contribution < 1.29 is 35.8 Å². The van der Waals surface area contributed by atoms with Gasteiger partial charge in [0.2, 0.25) is 11.8 Å². The van der Waals surface area contributed by atoms with E-state index in [9.17, 15) is 26.3 Å². The van der Waals surface area contributed by atoms with E-state index < -0.39 is 23.5 Å². The first-order chi connectivity index (χ1) is 32.5. The van der Waals surface area contributed by atoms with Gasteiger partial charge in [0.1, 0.15) is 34.4 Å². The van der Waals surface area contributed by atoms with Crippen LogP contribution in [0.15, 0.2) is 97.8 Å². The Balaban J connectivity index is 0.000000170. The minimum absolute atomic E-state index is 0.327. The molecule has 22 heteroatoms. The second kappa shape index (κ2) is 18.0. The summed E-state index contributed by atoms with van der Waals surface area (Å²) < 4.78 is 96.3. The van der Waals surface area contributed by atoms with Crippen molar-refractivity contribution in [3.63, 3.8) is 0 Å². The highest BCUT2D eigenvalue weighted by Crippen LogP contribution is 2.37.